The molecule has 0 N–H and O–H groups in total. The number of halogens is 2. The molecule has 58 heavy (non-hydrogen) atoms. The van der Waals surface area contributed by atoms with Crippen LogP contribution in [-0.4, -0.2) is 13.2 Å². The summed E-state index contributed by atoms with van der Waals surface area (Å²) in [5, 5.41) is 0. The maximum Gasteiger partial charge on any atom is 0.152 e. The lowest BCUT2D eigenvalue weighted by Gasteiger charge is -2.34. The zero-order valence-corrected chi connectivity index (χ0v) is 36.8. The highest BCUT2D eigenvalue weighted by Gasteiger charge is 2.29. The lowest BCUT2D eigenvalue weighted by molar-refractivity contribution is 0.233. The summed E-state index contributed by atoms with van der Waals surface area (Å²) in [6, 6.07) is 42.0. The van der Waals surface area contributed by atoms with E-state index in [2.05, 4.69) is 172 Å². The number of nitrogens with zero attached hydrogens (tertiary/aromatic N) is 2. The molecular weight excluding hydrogens is 852 g/mol. The topological polar surface area (TPSA) is 43.4 Å². The monoisotopic (exact) mass is 900 g/mol. The van der Waals surface area contributed by atoms with Crippen LogP contribution in [0.1, 0.15) is 66.2 Å². The van der Waals surface area contributed by atoms with E-state index in [1.54, 1.807) is 0 Å². The Balaban J connectivity index is 1.09. The van der Waals surface area contributed by atoms with E-state index in [0.717, 1.165) is 121 Å². The van der Waals surface area contributed by atoms with Gasteiger partial charge in [-0.15, -0.1) is 0 Å². The molecule has 8 heteroatoms. The predicted molar refractivity (Wildman–Crippen MR) is 245 cm³/mol. The Morgan fingerprint density at radius 2 is 0.879 bits per heavy atom. The molecule has 8 rings (SSSR count). The van der Waals surface area contributed by atoms with Crippen molar-refractivity contribution < 1.29 is 18.9 Å². The summed E-state index contributed by atoms with van der Waals surface area (Å²) in [6.07, 6.45) is 7.01. The lowest BCUT2D eigenvalue weighted by atomic mass is 10.0. The third-order valence-corrected chi connectivity index (χ3v) is 12.3. The van der Waals surface area contributed by atoms with Crippen molar-refractivity contribution in [3.8, 4) is 45.6 Å². The van der Waals surface area contributed by atoms with E-state index in [0.29, 0.717) is 11.8 Å². The van der Waals surface area contributed by atoms with Gasteiger partial charge in [-0.3, -0.25) is 0 Å². The number of benzene rings is 6. The van der Waals surface area contributed by atoms with E-state index in [1.165, 1.54) is 19.3 Å². The van der Waals surface area contributed by atoms with Gasteiger partial charge in [0.2, 0.25) is 0 Å². The normalized spacial score (nSPS) is 13.2. The molecule has 1 unspecified atom stereocenters. The minimum absolute atomic E-state index is 0.556. The van der Waals surface area contributed by atoms with Crippen LogP contribution in [0, 0.1) is 11.8 Å². The molecule has 0 saturated heterocycles. The minimum atomic E-state index is 0.556. The number of anilines is 6. The molecule has 0 radical (unpaired) electrons. The molecule has 0 amide bonds. The van der Waals surface area contributed by atoms with Gasteiger partial charge in [0.05, 0.1) is 36.0 Å². The average molecular weight is 903 g/mol. The van der Waals surface area contributed by atoms with Crippen molar-refractivity contribution in [2.24, 2.45) is 11.8 Å². The van der Waals surface area contributed by atoms with Crippen LogP contribution in [0.2, 0.25) is 0 Å². The maximum atomic E-state index is 6.65. The van der Waals surface area contributed by atoms with E-state index in [9.17, 15) is 0 Å². The van der Waals surface area contributed by atoms with Crippen LogP contribution in [0.4, 0.5) is 34.1 Å². The molecule has 0 aliphatic carbocycles. The standard InChI is InChI=1S/C50H50Br2N2O4/c1-5-9-10-34(8-4)32-56-42-21-17-40(18-22-42)54-44-24-12-36(28-48(44)58-50-30-38(52)14-26-46(50)54)35-11-23-43-47(27-35)57-49-29-37(51)13-25-45(49)53(43)39-15-19-41(20-16-39)55-31-33(6-2)7-3/h11-30,33-34H,5-10,31-32H2,1-4H3. The van der Waals surface area contributed by atoms with Crippen LogP contribution in [0.3, 0.4) is 0 Å². The Morgan fingerprint density at radius 3 is 1.29 bits per heavy atom. The molecule has 6 nitrogen and oxygen atoms in total. The Kier molecular flexibility index (Phi) is 12.3. The molecule has 2 heterocycles. The molecule has 0 aromatic heterocycles. The van der Waals surface area contributed by atoms with Crippen molar-refractivity contribution in [2.45, 2.75) is 66.2 Å². The summed E-state index contributed by atoms with van der Waals surface area (Å²) in [4.78, 5) is 4.51. The molecular formula is C50H50Br2N2O4. The van der Waals surface area contributed by atoms with Gasteiger partial charge in [0, 0.05) is 20.3 Å². The molecule has 1 atom stereocenters. The highest BCUT2D eigenvalue weighted by molar-refractivity contribution is 9.10. The summed E-state index contributed by atoms with van der Waals surface area (Å²) in [6.45, 7) is 10.4. The van der Waals surface area contributed by atoms with Gasteiger partial charge >= 0.3 is 0 Å². The lowest BCUT2D eigenvalue weighted by Crippen LogP contribution is -2.16. The quantitative estimate of drug-likeness (QED) is 0.102. The second kappa shape index (κ2) is 17.9. The molecule has 0 spiro atoms. The van der Waals surface area contributed by atoms with Gasteiger partial charge in [0.1, 0.15) is 11.5 Å². The van der Waals surface area contributed by atoms with E-state index >= 15 is 0 Å². The largest absolute Gasteiger partial charge is 0.493 e. The maximum absolute atomic E-state index is 6.65. The van der Waals surface area contributed by atoms with Gasteiger partial charge in [-0.2, -0.15) is 0 Å². The average Bonchev–Trinajstić information content (AvgIpc) is 3.25. The van der Waals surface area contributed by atoms with Crippen LogP contribution in [0.25, 0.3) is 11.1 Å². The third-order valence-electron chi connectivity index (χ3n) is 11.4. The van der Waals surface area contributed by atoms with Crippen LogP contribution in [0.5, 0.6) is 34.5 Å². The van der Waals surface area contributed by atoms with Crippen molar-refractivity contribution in [3.63, 3.8) is 0 Å². The van der Waals surface area contributed by atoms with Crippen LogP contribution in [0.15, 0.2) is 130 Å². The van der Waals surface area contributed by atoms with Gasteiger partial charge in [-0.1, -0.05) is 104 Å². The molecule has 0 saturated carbocycles. The van der Waals surface area contributed by atoms with Gasteiger partial charge in [0.15, 0.2) is 23.0 Å². The first-order chi connectivity index (χ1) is 28.3. The summed E-state index contributed by atoms with van der Waals surface area (Å²) < 4.78 is 27.6. The van der Waals surface area contributed by atoms with Crippen molar-refractivity contribution in [1.29, 1.82) is 0 Å². The summed E-state index contributed by atoms with van der Waals surface area (Å²) in [5.74, 6) is 5.99. The van der Waals surface area contributed by atoms with Crippen molar-refractivity contribution in [2.75, 3.05) is 23.0 Å². The number of hydrogen-bond donors (Lipinski definition) is 0. The number of rotatable bonds is 15. The zero-order valence-electron chi connectivity index (χ0n) is 33.6. The fourth-order valence-electron chi connectivity index (χ4n) is 7.72. The van der Waals surface area contributed by atoms with Crippen molar-refractivity contribution >= 4 is 66.0 Å². The highest BCUT2D eigenvalue weighted by Crippen LogP contribution is 2.54. The molecule has 2 aliphatic rings. The highest BCUT2D eigenvalue weighted by atomic mass is 79.9. The smallest absolute Gasteiger partial charge is 0.152 e. The second-order valence-electron chi connectivity index (χ2n) is 15.2. The predicted octanol–water partition coefficient (Wildman–Crippen LogP) is 16.4. The Morgan fingerprint density at radius 1 is 0.483 bits per heavy atom. The first-order valence-corrected chi connectivity index (χ1v) is 22.2. The number of unbranched alkanes of at least 4 members (excludes halogenated alkanes) is 1. The Bertz CT molecular complexity index is 2360. The van der Waals surface area contributed by atoms with Gasteiger partial charge in [-0.05, 0) is 139 Å². The number of hydrogen-bond acceptors (Lipinski definition) is 6. The van der Waals surface area contributed by atoms with Crippen LogP contribution in [-0.2, 0) is 0 Å². The molecule has 6 aromatic rings. The van der Waals surface area contributed by atoms with Crippen LogP contribution >= 0.6 is 31.9 Å². The fourth-order valence-corrected chi connectivity index (χ4v) is 8.40. The number of ether oxygens (including phenoxy) is 4. The SMILES string of the molecule is CCCCC(CC)COc1ccc(N2c3ccc(Br)cc3Oc3cc(-c4ccc5c(c4)Oc4cc(Br)ccc4N5c4ccc(OCC(CC)CC)cc4)ccc32)cc1. The molecule has 298 valence electrons. The first-order valence-electron chi connectivity index (χ1n) is 20.6. The van der Waals surface area contributed by atoms with E-state index < -0.39 is 0 Å². The van der Waals surface area contributed by atoms with E-state index in [-0.39, 0.29) is 0 Å². The minimum Gasteiger partial charge on any atom is -0.493 e. The van der Waals surface area contributed by atoms with Gasteiger partial charge < -0.3 is 28.7 Å². The molecule has 0 fully saturated rings. The summed E-state index contributed by atoms with van der Waals surface area (Å²) in [5.41, 5.74) is 7.96. The van der Waals surface area contributed by atoms with E-state index in [1.807, 2.05) is 18.2 Å². The zero-order chi connectivity index (χ0) is 40.2. The second-order valence-corrected chi connectivity index (χ2v) is 17.0. The van der Waals surface area contributed by atoms with E-state index in [4.69, 9.17) is 18.9 Å². The molecule has 6 aromatic carbocycles. The summed E-state index contributed by atoms with van der Waals surface area (Å²) >= 11 is 7.33. The van der Waals surface area contributed by atoms with Gasteiger partial charge in [0.25, 0.3) is 0 Å². The molecule has 0 bridgehead atoms. The van der Waals surface area contributed by atoms with Gasteiger partial charge in [-0.25, -0.2) is 0 Å². The van der Waals surface area contributed by atoms with Crippen LogP contribution < -0.4 is 28.7 Å². The van der Waals surface area contributed by atoms with Crippen molar-refractivity contribution in [3.05, 3.63) is 130 Å². The Hall–Kier alpha value is -4.92. The first kappa shape index (κ1) is 39.9. The molecule has 2 aliphatic heterocycles. The number of fused-ring (bicyclic) bond motifs is 4. The summed E-state index contributed by atoms with van der Waals surface area (Å²) in [7, 11) is 0. The Labute approximate surface area is 360 Å². The third kappa shape index (κ3) is 8.46. The fraction of sp³-hybridized carbons (Fsp3) is 0.280. The van der Waals surface area contributed by atoms with Crippen molar-refractivity contribution in [1.82, 2.24) is 0 Å².